The maximum Gasteiger partial charge on any atom is 0.280 e. The lowest BCUT2D eigenvalue weighted by molar-refractivity contribution is 0.0978. The van der Waals surface area contributed by atoms with Crippen LogP contribution in [0.1, 0.15) is 49.9 Å². The molecule has 0 unspecified atom stereocenters. The average molecular weight is 472 g/mol. The Morgan fingerprint density at radius 2 is 1.84 bits per heavy atom. The molecule has 0 aliphatic heterocycles. The predicted molar refractivity (Wildman–Crippen MR) is 124 cm³/mol. The van der Waals surface area contributed by atoms with Crippen LogP contribution in [0, 0.1) is 18.6 Å². The van der Waals surface area contributed by atoms with Gasteiger partial charge < -0.3 is 4.90 Å². The number of aromatic nitrogens is 3. The van der Waals surface area contributed by atoms with Gasteiger partial charge in [-0.25, -0.2) is 13.8 Å². The predicted octanol–water partition coefficient (Wildman–Crippen LogP) is 5.07. The lowest BCUT2D eigenvalue weighted by Gasteiger charge is -2.24. The summed E-state index contributed by atoms with van der Waals surface area (Å²) in [6, 6.07) is 3.92. The van der Waals surface area contributed by atoms with E-state index in [9.17, 15) is 13.6 Å². The second-order valence-electron chi connectivity index (χ2n) is 7.42. The number of thiazole rings is 1. The Kier molecular flexibility index (Phi) is 8.50. The van der Waals surface area contributed by atoms with Gasteiger partial charge in [0, 0.05) is 30.9 Å². The molecular formula is C21H28ClF2N5OS. The van der Waals surface area contributed by atoms with Crippen molar-refractivity contribution in [2.24, 2.45) is 0 Å². The van der Waals surface area contributed by atoms with Gasteiger partial charge in [0.1, 0.15) is 11.3 Å². The topological polar surface area (TPSA) is 54.3 Å². The Bertz CT molecular complexity index is 1050. The number of fused-ring (bicyclic) bond motifs is 1. The normalized spacial score (nSPS) is 11.4. The van der Waals surface area contributed by atoms with Gasteiger partial charge in [-0.1, -0.05) is 25.2 Å². The summed E-state index contributed by atoms with van der Waals surface area (Å²) in [5.74, 6) is -1.70. The van der Waals surface area contributed by atoms with Gasteiger partial charge in [-0.15, -0.1) is 12.4 Å². The van der Waals surface area contributed by atoms with Crippen LogP contribution in [0.25, 0.3) is 10.2 Å². The van der Waals surface area contributed by atoms with Crippen LogP contribution in [0.3, 0.4) is 0 Å². The first-order valence-corrected chi connectivity index (χ1v) is 10.9. The minimum Gasteiger partial charge on any atom is -0.302 e. The van der Waals surface area contributed by atoms with E-state index in [2.05, 4.69) is 28.8 Å². The van der Waals surface area contributed by atoms with Crippen molar-refractivity contribution in [2.75, 3.05) is 31.1 Å². The number of likely N-dealkylation sites (N-methyl/N-ethyl adjacent to an activating group) is 1. The minimum absolute atomic E-state index is 0. The minimum atomic E-state index is -0.733. The zero-order valence-electron chi connectivity index (χ0n) is 18.4. The van der Waals surface area contributed by atoms with Gasteiger partial charge in [0.2, 0.25) is 0 Å². The van der Waals surface area contributed by atoms with Crippen LogP contribution in [0.5, 0.6) is 0 Å². The molecule has 0 atom stereocenters. The van der Waals surface area contributed by atoms with Crippen LogP contribution >= 0.6 is 23.7 Å². The number of carbonyl (C=O) groups excluding carboxylic acids is 1. The fourth-order valence-corrected chi connectivity index (χ4v) is 4.41. The number of carbonyl (C=O) groups is 1. The second-order valence-corrected chi connectivity index (χ2v) is 8.43. The summed E-state index contributed by atoms with van der Waals surface area (Å²) >= 11 is 1.10. The van der Waals surface area contributed by atoms with E-state index in [-0.39, 0.29) is 29.9 Å². The van der Waals surface area contributed by atoms with Crippen molar-refractivity contribution in [1.82, 2.24) is 19.7 Å². The highest BCUT2D eigenvalue weighted by atomic mass is 35.5. The molecule has 1 amide bonds. The SMILES string of the molecule is CCN(CC)CCN(C(=O)c1cc(C)n(C(C)C)n1)c1nc2c(F)cc(F)cc2s1.Cl. The Morgan fingerprint density at radius 3 is 2.42 bits per heavy atom. The van der Waals surface area contributed by atoms with E-state index in [1.807, 2.05) is 20.8 Å². The highest BCUT2D eigenvalue weighted by Gasteiger charge is 2.25. The molecule has 3 aromatic rings. The van der Waals surface area contributed by atoms with Gasteiger partial charge in [-0.2, -0.15) is 5.10 Å². The van der Waals surface area contributed by atoms with Crippen LogP contribution in [0.15, 0.2) is 18.2 Å². The monoisotopic (exact) mass is 471 g/mol. The van der Waals surface area contributed by atoms with Crippen LogP contribution in [-0.4, -0.2) is 51.8 Å². The third-order valence-corrected chi connectivity index (χ3v) is 6.07. The molecule has 0 fully saturated rings. The maximum atomic E-state index is 14.2. The van der Waals surface area contributed by atoms with Gasteiger partial charge in [-0.05, 0) is 46.0 Å². The Hall–Kier alpha value is -2.10. The Morgan fingerprint density at radius 1 is 1.16 bits per heavy atom. The van der Waals surface area contributed by atoms with Gasteiger partial charge >= 0.3 is 0 Å². The van der Waals surface area contributed by atoms with E-state index in [0.717, 1.165) is 36.2 Å². The van der Waals surface area contributed by atoms with E-state index < -0.39 is 11.6 Å². The van der Waals surface area contributed by atoms with Crippen molar-refractivity contribution < 1.29 is 13.6 Å². The largest absolute Gasteiger partial charge is 0.302 e. The molecule has 1 aromatic carbocycles. The second kappa shape index (κ2) is 10.5. The van der Waals surface area contributed by atoms with Gasteiger partial charge in [0.05, 0.1) is 4.70 Å². The smallest absolute Gasteiger partial charge is 0.280 e. The Labute approximate surface area is 191 Å². The van der Waals surface area contributed by atoms with Gasteiger partial charge in [0.15, 0.2) is 16.6 Å². The van der Waals surface area contributed by atoms with Crippen LogP contribution < -0.4 is 4.90 Å². The quantitative estimate of drug-likeness (QED) is 0.460. The Balaban J connectivity index is 0.00000341. The van der Waals surface area contributed by atoms with Crippen molar-refractivity contribution in [1.29, 1.82) is 0 Å². The molecule has 0 spiro atoms. The standard InChI is InChI=1S/C21H27F2N5OS.ClH/c1-6-26(7-2)8-9-27(20(29)17-10-14(5)28(25-17)13(3)4)21-24-19-16(23)11-15(22)12-18(19)30-21;/h10-13H,6-9H2,1-5H3;1H. The molecule has 0 bridgehead atoms. The number of anilines is 1. The molecular weight excluding hydrogens is 444 g/mol. The number of halogens is 3. The summed E-state index contributed by atoms with van der Waals surface area (Å²) in [6.45, 7) is 12.7. The number of benzene rings is 1. The molecule has 3 rings (SSSR count). The number of hydrogen-bond donors (Lipinski definition) is 0. The lowest BCUT2D eigenvalue weighted by Crippen LogP contribution is -2.39. The number of amides is 1. The number of hydrogen-bond acceptors (Lipinski definition) is 5. The van der Waals surface area contributed by atoms with Crippen molar-refractivity contribution >= 4 is 45.0 Å². The zero-order valence-corrected chi connectivity index (χ0v) is 20.0. The number of nitrogens with zero attached hydrogens (tertiary/aromatic N) is 5. The summed E-state index contributed by atoms with van der Waals surface area (Å²) in [5, 5.41) is 4.80. The van der Waals surface area contributed by atoms with Gasteiger partial charge in [0.25, 0.3) is 5.91 Å². The van der Waals surface area contributed by atoms with Crippen LogP contribution in [0.2, 0.25) is 0 Å². The van der Waals surface area contributed by atoms with Crippen molar-refractivity contribution in [3.8, 4) is 0 Å². The molecule has 0 saturated carbocycles. The summed E-state index contributed by atoms with van der Waals surface area (Å²) in [6.07, 6.45) is 0. The van der Waals surface area contributed by atoms with Crippen LogP contribution in [-0.2, 0) is 0 Å². The summed E-state index contributed by atoms with van der Waals surface area (Å²) in [7, 11) is 0. The molecule has 0 saturated heterocycles. The summed E-state index contributed by atoms with van der Waals surface area (Å²) < 4.78 is 30.0. The van der Waals surface area contributed by atoms with Crippen molar-refractivity contribution in [3.63, 3.8) is 0 Å². The fourth-order valence-electron chi connectivity index (χ4n) is 3.38. The number of rotatable bonds is 8. The zero-order chi connectivity index (χ0) is 22.0. The molecule has 0 aliphatic carbocycles. The van der Waals surface area contributed by atoms with Crippen molar-refractivity contribution in [2.45, 2.75) is 40.7 Å². The summed E-state index contributed by atoms with van der Waals surface area (Å²) in [4.78, 5) is 21.4. The highest BCUT2D eigenvalue weighted by molar-refractivity contribution is 7.22. The lowest BCUT2D eigenvalue weighted by atomic mass is 10.3. The highest BCUT2D eigenvalue weighted by Crippen LogP contribution is 2.32. The summed E-state index contributed by atoms with van der Waals surface area (Å²) in [5.41, 5.74) is 1.27. The van der Waals surface area contributed by atoms with Crippen LogP contribution in [0.4, 0.5) is 13.9 Å². The molecule has 0 N–H and O–H groups in total. The van der Waals surface area contributed by atoms with Gasteiger partial charge in [-0.3, -0.25) is 14.4 Å². The molecule has 31 heavy (non-hydrogen) atoms. The third kappa shape index (κ3) is 5.39. The number of aryl methyl sites for hydroxylation is 1. The third-order valence-electron chi connectivity index (χ3n) is 5.04. The first-order valence-electron chi connectivity index (χ1n) is 10.1. The van der Waals surface area contributed by atoms with E-state index >= 15 is 0 Å². The van der Waals surface area contributed by atoms with E-state index in [1.54, 1.807) is 10.7 Å². The molecule has 170 valence electrons. The molecule has 10 heteroatoms. The first kappa shape index (κ1) is 25.2. The fraction of sp³-hybridized carbons (Fsp3) is 0.476. The van der Waals surface area contributed by atoms with E-state index in [1.165, 1.54) is 11.0 Å². The molecule has 2 aromatic heterocycles. The molecule has 0 radical (unpaired) electrons. The molecule has 2 heterocycles. The van der Waals surface area contributed by atoms with E-state index in [0.29, 0.717) is 28.6 Å². The van der Waals surface area contributed by atoms with E-state index in [4.69, 9.17) is 0 Å². The average Bonchev–Trinajstić information content (AvgIpc) is 3.28. The van der Waals surface area contributed by atoms with Crippen molar-refractivity contribution in [3.05, 3.63) is 41.2 Å². The first-order chi connectivity index (χ1) is 14.2. The molecule has 6 nitrogen and oxygen atoms in total. The molecule has 0 aliphatic rings. The maximum absolute atomic E-state index is 14.2.